The van der Waals surface area contributed by atoms with Gasteiger partial charge in [-0.1, -0.05) is 6.07 Å². The molecular weight excluding hydrogens is 356 g/mol. The maximum Gasteiger partial charge on any atom is 0.309 e. The number of carbonyl (C=O) groups is 2. The van der Waals surface area contributed by atoms with E-state index in [2.05, 4.69) is 10.3 Å². The molecule has 2 aromatic rings. The van der Waals surface area contributed by atoms with E-state index in [1.54, 1.807) is 23.6 Å². The van der Waals surface area contributed by atoms with E-state index in [4.69, 9.17) is 14.6 Å². The van der Waals surface area contributed by atoms with Crippen molar-refractivity contribution in [1.29, 1.82) is 0 Å². The smallest absolute Gasteiger partial charge is 0.309 e. The first-order chi connectivity index (χ1) is 12.5. The maximum atomic E-state index is 12.0. The lowest BCUT2D eigenvalue weighted by Crippen LogP contribution is -2.08. The van der Waals surface area contributed by atoms with Crippen molar-refractivity contribution in [3.05, 3.63) is 40.9 Å². The van der Waals surface area contributed by atoms with Crippen molar-refractivity contribution in [2.45, 2.75) is 20.3 Å². The molecule has 8 heteroatoms. The monoisotopic (exact) mass is 376 g/mol. The zero-order chi connectivity index (χ0) is 18.9. The summed E-state index contributed by atoms with van der Waals surface area (Å²) in [6.45, 7) is 4.83. The van der Waals surface area contributed by atoms with Gasteiger partial charge in [-0.2, -0.15) is 0 Å². The van der Waals surface area contributed by atoms with E-state index in [9.17, 15) is 9.59 Å². The summed E-state index contributed by atoms with van der Waals surface area (Å²) in [7, 11) is 0. The zero-order valence-electron chi connectivity index (χ0n) is 14.5. The molecule has 26 heavy (non-hydrogen) atoms. The molecule has 7 nitrogen and oxygen atoms in total. The SMILES string of the molecule is CCOc1ccc(/C=C/C(=O)Nc2nc(CC(=O)O)cs2)cc1OCC. The van der Waals surface area contributed by atoms with Crippen LogP contribution in [0.5, 0.6) is 11.5 Å². The molecule has 0 saturated heterocycles. The molecule has 0 bridgehead atoms. The van der Waals surface area contributed by atoms with Gasteiger partial charge in [-0.05, 0) is 37.6 Å². The minimum atomic E-state index is -0.964. The minimum absolute atomic E-state index is 0.172. The summed E-state index contributed by atoms with van der Waals surface area (Å²) in [5.74, 6) is -0.0402. The maximum absolute atomic E-state index is 12.0. The molecule has 0 aliphatic carbocycles. The molecule has 0 radical (unpaired) electrons. The number of thiazole rings is 1. The van der Waals surface area contributed by atoms with Gasteiger partial charge >= 0.3 is 5.97 Å². The van der Waals surface area contributed by atoms with Crippen molar-refractivity contribution >= 4 is 34.4 Å². The van der Waals surface area contributed by atoms with Gasteiger partial charge in [0.2, 0.25) is 5.91 Å². The summed E-state index contributed by atoms with van der Waals surface area (Å²) < 4.78 is 11.1. The predicted octanol–water partition coefficient (Wildman–Crippen LogP) is 3.22. The first-order valence-electron chi connectivity index (χ1n) is 8.06. The van der Waals surface area contributed by atoms with Crippen LogP contribution in [0, 0.1) is 0 Å². The Morgan fingerprint density at radius 3 is 2.65 bits per heavy atom. The Kier molecular flexibility index (Phi) is 7.16. The molecule has 0 spiro atoms. The highest BCUT2D eigenvalue weighted by atomic mass is 32.1. The Balaban J connectivity index is 2.01. The highest BCUT2D eigenvalue weighted by Crippen LogP contribution is 2.29. The number of aromatic nitrogens is 1. The fraction of sp³-hybridized carbons (Fsp3) is 0.278. The van der Waals surface area contributed by atoms with E-state index >= 15 is 0 Å². The third-order valence-electron chi connectivity index (χ3n) is 3.11. The first kappa shape index (κ1) is 19.5. The van der Waals surface area contributed by atoms with Gasteiger partial charge in [0.15, 0.2) is 16.6 Å². The Morgan fingerprint density at radius 2 is 1.96 bits per heavy atom. The number of rotatable bonds is 9. The molecule has 0 fully saturated rings. The van der Waals surface area contributed by atoms with E-state index in [0.29, 0.717) is 35.5 Å². The molecule has 1 amide bonds. The fourth-order valence-corrected chi connectivity index (χ4v) is 2.80. The molecule has 0 aliphatic rings. The molecular formula is C18H20N2O5S. The third kappa shape index (κ3) is 5.89. The van der Waals surface area contributed by atoms with Gasteiger partial charge in [0, 0.05) is 11.5 Å². The van der Waals surface area contributed by atoms with Crippen LogP contribution in [0.1, 0.15) is 25.1 Å². The normalized spacial score (nSPS) is 10.7. The summed E-state index contributed by atoms with van der Waals surface area (Å²) in [6, 6.07) is 5.42. The first-order valence-corrected chi connectivity index (χ1v) is 8.94. The van der Waals surface area contributed by atoms with E-state index < -0.39 is 5.97 Å². The van der Waals surface area contributed by atoms with Gasteiger partial charge in [-0.15, -0.1) is 11.3 Å². The molecule has 0 atom stereocenters. The second-order valence-corrected chi connectivity index (χ2v) is 5.97. The number of benzene rings is 1. The van der Waals surface area contributed by atoms with Crippen LogP contribution in [0.3, 0.4) is 0 Å². The van der Waals surface area contributed by atoms with Crippen molar-refractivity contribution < 1.29 is 24.2 Å². The molecule has 2 N–H and O–H groups in total. The van der Waals surface area contributed by atoms with Crippen molar-refractivity contribution in [3.8, 4) is 11.5 Å². The molecule has 1 aromatic heterocycles. The van der Waals surface area contributed by atoms with Gasteiger partial charge in [0.25, 0.3) is 0 Å². The number of anilines is 1. The highest BCUT2D eigenvalue weighted by molar-refractivity contribution is 7.14. The van der Waals surface area contributed by atoms with Crippen LogP contribution in [0.15, 0.2) is 29.7 Å². The standard InChI is InChI=1S/C18H20N2O5S/c1-3-24-14-7-5-12(9-15(14)25-4-2)6-8-16(21)20-18-19-13(11-26-18)10-17(22)23/h5-9,11H,3-4,10H2,1-2H3,(H,22,23)(H,19,20,21)/b8-6+. The average Bonchev–Trinajstić information content (AvgIpc) is 3.01. The summed E-state index contributed by atoms with van der Waals surface area (Å²) >= 11 is 1.18. The van der Waals surface area contributed by atoms with Crippen LogP contribution in [0.25, 0.3) is 6.08 Å². The van der Waals surface area contributed by atoms with Gasteiger partial charge in [0.05, 0.1) is 25.3 Å². The Hall–Kier alpha value is -2.87. The Bertz CT molecular complexity index is 801. The van der Waals surface area contributed by atoms with Crippen LogP contribution in [0.2, 0.25) is 0 Å². The third-order valence-corrected chi connectivity index (χ3v) is 3.92. The van der Waals surface area contributed by atoms with E-state index in [0.717, 1.165) is 5.56 Å². The van der Waals surface area contributed by atoms with E-state index in [1.165, 1.54) is 17.4 Å². The van der Waals surface area contributed by atoms with Crippen molar-refractivity contribution in [2.24, 2.45) is 0 Å². The number of nitrogens with zero attached hydrogens (tertiary/aromatic N) is 1. The molecule has 0 aliphatic heterocycles. The van der Waals surface area contributed by atoms with E-state index in [-0.39, 0.29) is 12.3 Å². The van der Waals surface area contributed by atoms with Crippen molar-refractivity contribution in [2.75, 3.05) is 18.5 Å². The average molecular weight is 376 g/mol. The second-order valence-electron chi connectivity index (χ2n) is 5.11. The quantitative estimate of drug-likeness (QED) is 0.652. The zero-order valence-corrected chi connectivity index (χ0v) is 15.3. The molecule has 0 saturated carbocycles. The molecule has 1 aromatic carbocycles. The largest absolute Gasteiger partial charge is 0.490 e. The summed E-state index contributed by atoms with van der Waals surface area (Å²) in [6.07, 6.45) is 2.86. The highest BCUT2D eigenvalue weighted by Gasteiger charge is 2.08. The molecule has 138 valence electrons. The van der Waals surface area contributed by atoms with Gasteiger partial charge in [0.1, 0.15) is 0 Å². The summed E-state index contributed by atoms with van der Waals surface area (Å²) in [4.78, 5) is 26.7. The Morgan fingerprint density at radius 1 is 1.23 bits per heavy atom. The number of nitrogens with one attached hydrogen (secondary N) is 1. The molecule has 1 heterocycles. The van der Waals surface area contributed by atoms with Crippen molar-refractivity contribution in [3.63, 3.8) is 0 Å². The number of amides is 1. The number of carboxylic acid groups (broad SMARTS) is 1. The lowest BCUT2D eigenvalue weighted by Gasteiger charge is -2.11. The summed E-state index contributed by atoms with van der Waals surface area (Å²) in [5, 5.41) is 13.3. The van der Waals surface area contributed by atoms with Gasteiger partial charge < -0.3 is 14.6 Å². The number of carboxylic acids is 1. The van der Waals surface area contributed by atoms with Gasteiger partial charge in [-0.25, -0.2) is 4.98 Å². The van der Waals surface area contributed by atoms with Crippen molar-refractivity contribution in [1.82, 2.24) is 4.98 Å². The topological polar surface area (TPSA) is 97.8 Å². The van der Waals surface area contributed by atoms with E-state index in [1.807, 2.05) is 19.9 Å². The van der Waals surface area contributed by atoms with Gasteiger partial charge in [-0.3, -0.25) is 14.9 Å². The number of hydrogen-bond acceptors (Lipinski definition) is 6. The van der Waals surface area contributed by atoms with Crippen LogP contribution < -0.4 is 14.8 Å². The fourth-order valence-electron chi connectivity index (χ4n) is 2.09. The van der Waals surface area contributed by atoms with Crippen LogP contribution in [-0.2, 0) is 16.0 Å². The number of aliphatic carboxylic acids is 1. The van der Waals surface area contributed by atoms with Crippen LogP contribution in [0.4, 0.5) is 5.13 Å². The summed E-state index contributed by atoms with van der Waals surface area (Å²) in [5.41, 5.74) is 1.20. The Labute approximate surface area is 155 Å². The lowest BCUT2D eigenvalue weighted by atomic mass is 10.2. The second kappa shape index (κ2) is 9.57. The lowest BCUT2D eigenvalue weighted by molar-refractivity contribution is -0.136. The minimum Gasteiger partial charge on any atom is -0.490 e. The number of ether oxygens (including phenoxy) is 2. The molecule has 0 unspecified atom stereocenters. The van der Waals surface area contributed by atoms with Crippen LogP contribution >= 0.6 is 11.3 Å². The number of hydrogen-bond donors (Lipinski definition) is 2. The number of carbonyl (C=O) groups excluding carboxylic acids is 1. The molecule has 2 rings (SSSR count). The van der Waals surface area contributed by atoms with Crippen LogP contribution in [-0.4, -0.2) is 35.2 Å². The predicted molar refractivity (Wildman–Crippen MR) is 99.9 cm³/mol.